The Morgan fingerprint density at radius 2 is 1.90 bits per heavy atom. The molecule has 13 heteroatoms. The van der Waals surface area contributed by atoms with Gasteiger partial charge in [0.15, 0.2) is 23.0 Å². The lowest BCUT2D eigenvalue weighted by molar-refractivity contribution is 0.102. The third kappa shape index (κ3) is 5.29. The fraction of sp³-hybridized carbons (Fsp3) is 0.207. The van der Waals surface area contributed by atoms with Gasteiger partial charge in [-0.1, -0.05) is 6.42 Å². The normalized spacial score (nSPS) is 16.5. The molecule has 0 unspecified atom stereocenters. The number of carbonyl (C=O) groups excluding carboxylic acids is 1. The summed E-state index contributed by atoms with van der Waals surface area (Å²) in [4.78, 5) is 30.1. The molecule has 0 saturated heterocycles. The molecular weight excluding hydrogens is 548 g/mol. The number of nitrogens with zero attached hydrogens (tertiary/aromatic N) is 4. The summed E-state index contributed by atoms with van der Waals surface area (Å²) in [7, 11) is 0. The van der Waals surface area contributed by atoms with Gasteiger partial charge in [0.25, 0.3) is 11.5 Å². The highest BCUT2D eigenvalue weighted by Crippen LogP contribution is 2.36. The summed E-state index contributed by atoms with van der Waals surface area (Å²) in [6.07, 6.45) is 5.57. The molecule has 0 spiro atoms. The molecule has 3 heterocycles. The Kier molecular flexibility index (Phi) is 7.32. The minimum Gasteiger partial charge on any atom is -0.453 e. The van der Waals surface area contributed by atoms with E-state index in [4.69, 9.17) is 4.74 Å². The lowest BCUT2D eigenvalue weighted by atomic mass is 10.1. The van der Waals surface area contributed by atoms with E-state index in [0.29, 0.717) is 22.6 Å². The van der Waals surface area contributed by atoms with Crippen molar-refractivity contribution in [3.63, 3.8) is 0 Å². The van der Waals surface area contributed by atoms with Crippen molar-refractivity contribution in [2.75, 3.05) is 17.2 Å². The predicted molar refractivity (Wildman–Crippen MR) is 150 cm³/mol. The number of halogens is 2. The third-order valence-electron chi connectivity index (χ3n) is 7.21. The summed E-state index contributed by atoms with van der Waals surface area (Å²) in [6, 6.07) is 11.8. The van der Waals surface area contributed by atoms with E-state index in [9.17, 15) is 19.1 Å². The predicted octanol–water partition coefficient (Wildman–Crippen LogP) is 4.40. The number of amides is 1. The lowest BCUT2D eigenvalue weighted by Crippen LogP contribution is -2.29. The van der Waals surface area contributed by atoms with E-state index < -0.39 is 23.1 Å². The maximum absolute atomic E-state index is 15.2. The van der Waals surface area contributed by atoms with Gasteiger partial charge in [-0.15, -0.1) is 0 Å². The average Bonchev–Trinajstić information content (AvgIpc) is 3.62. The second-order valence-corrected chi connectivity index (χ2v) is 9.87. The maximum atomic E-state index is 15.2. The number of nitrogens with one attached hydrogen (secondary N) is 3. The number of aromatic nitrogens is 5. The number of hydrogen-bond acceptors (Lipinski definition) is 8. The van der Waals surface area contributed by atoms with Gasteiger partial charge in [0.05, 0.1) is 5.69 Å². The zero-order valence-electron chi connectivity index (χ0n) is 22.1. The number of benzene rings is 2. The quantitative estimate of drug-likeness (QED) is 0.214. The van der Waals surface area contributed by atoms with Crippen LogP contribution in [-0.2, 0) is 0 Å². The number of ether oxygens (including phenoxy) is 1. The highest BCUT2D eigenvalue weighted by Gasteiger charge is 2.28. The van der Waals surface area contributed by atoms with Crippen molar-refractivity contribution in [2.24, 2.45) is 5.92 Å². The van der Waals surface area contributed by atoms with Crippen molar-refractivity contribution in [3.8, 4) is 17.2 Å². The second kappa shape index (κ2) is 11.4. The third-order valence-corrected chi connectivity index (χ3v) is 7.21. The van der Waals surface area contributed by atoms with Gasteiger partial charge < -0.3 is 20.5 Å². The molecule has 0 aliphatic heterocycles. The van der Waals surface area contributed by atoms with Crippen molar-refractivity contribution in [1.82, 2.24) is 25.0 Å². The number of pyridine rings is 1. The van der Waals surface area contributed by atoms with Crippen LogP contribution in [0, 0.1) is 17.6 Å². The van der Waals surface area contributed by atoms with E-state index in [2.05, 4.69) is 30.9 Å². The van der Waals surface area contributed by atoms with Crippen LogP contribution in [0.15, 0.2) is 71.8 Å². The van der Waals surface area contributed by atoms with Crippen LogP contribution in [0.25, 0.3) is 16.7 Å². The zero-order chi connectivity index (χ0) is 29.2. The number of H-pyrrole nitrogens is 1. The van der Waals surface area contributed by atoms with E-state index >= 15 is 4.39 Å². The Balaban J connectivity index is 1.21. The van der Waals surface area contributed by atoms with Crippen molar-refractivity contribution in [3.05, 3.63) is 94.5 Å². The van der Waals surface area contributed by atoms with Gasteiger partial charge in [-0.2, -0.15) is 14.9 Å². The molecular formula is C29H25F2N7O4. The molecule has 214 valence electrons. The molecule has 0 bridgehead atoms. The Morgan fingerprint density at radius 1 is 1.07 bits per heavy atom. The standard InChI is InChI=1S/C29H25F2N7O4/c30-17-4-7-19(8-5-17)38-29(41)20(10-13-33-38)28(40)34-18-6-9-23(21(31)14-18)42-24-11-12-32-26-25(24)27(37-36-26)35-22-3-1-2-16(22)15-39/h4-14,16,22,39H,1-3,15H2,(H,34,40)(H2,32,35,36,37)/t16-,22-/m1/s1. The first kappa shape index (κ1) is 27.0. The highest BCUT2D eigenvalue weighted by molar-refractivity contribution is 6.04. The Bertz CT molecular complexity index is 1820. The van der Waals surface area contributed by atoms with Crippen LogP contribution < -0.4 is 20.9 Å². The average molecular weight is 574 g/mol. The summed E-state index contributed by atoms with van der Waals surface area (Å²) in [5.74, 6) is -1.21. The first-order valence-electron chi connectivity index (χ1n) is 13.2. The van der Waals surface area contributed by atoms with E-state index in [-0.39, 0.29) is 41.3 Å². The van der Waals surface area contributed by atoms with Gasteiger partial charge in [-0.3, -0.25) is 14.7 Å². The van der Waals surface area contributed by atoms with Crippen LogP contribution in [0.1, 0.15) is 29.6 Å². The largest absolute Gasteiger partial charge is 0.453 e. The molecule has 6 rings (SSSR count). The molecule has 3 aromatic heterocycles. The zero-order valence-corrected chi connectivity index (χ0v) is 22.1. The second-order valence-electron chi connectivity index (χ2n) is 9.87. The van der Waals surface area contributed by atoms with Crippen LogP contribution in [0.2, 0.25) is 0 Å². The van der Waals surface area contributed by atoms with Gasteiger partial charge in [0.1, 0.15) is 22.5 Å². The molecule has 1 fully saturated rings. The fourth-order valence-corrected chi connectivity index (χ4v) is 5.06. The fourth-order valence-electron chi connectivity index (χ4n) is 5.06. The monoisotopic (exact) mass is 573 g/mol. The molecule has 1 aliphatic carbocycles. The highest BCUT2D eigenvalue weighted by atomic mass is 19.1. The smallest absolute Gasteiger partial charge is 0.284 e. The molecule has 1 amide bonds. The van der Waals surface area contributed by atoms with E-state index in [0.717, 1.165) is 30.0 Å². The number of anilines is 2. The molecule has 4 N–H and O–H groups in total. The van der Waals surface area contributed by atoms with E-state index in [1.54, 1.807) is 6.07 Å². The summed E-state index contributed by atoms with van der Waals surface area (Å²) in [5.41, 5.74) is -0.143. The molecule has 0 radical (unpaired) electrons. The SMILES string of the molecule is O=C(Nc1ccc(Oc2ccnc3[nH]nc(N[C@@H]4CCC[C@@H]4CO)c23)c(F)c1)c1ccnn(-c2ccc(F)cc2)c1=O. The Hall–Kier alpha value is -5.17. The first-order valence-corrected chi connectivity index (χ1v) is 13.2. The van der Waals surface area contributed by atoms with Gasteiger partial charge in [0.2, 0.25) is 0 Å². The van der Waals surface area contributed by atoms with Crippen molar-refractivity contribution >= 4 is 28.4 Å². The van der Waals surface area contributed by atoms with Crippen molar-refractivity contribution in [1.29, 1.82) is 0 Å². The summed E-state index contributed by atoms with van der Waals surface area (Å²) in [5, 5.41) is 27.2. The van der Waals surface area contributed by atoms with Gasteiger partial charge in [-0.25, -0.2) is 13.8 Å². The van der Waals surface area contributed by atoms with Gasteiger partial charge >= 0.3 is 0 Å². The molecule has 2 atom stereocenters. The molecule has 1 aliphatic rings. The van der Waals surface area contributed by atoms with Crippen LogP contribution in [0.3, 0.4) is 0 Å². The van der Waals surface area contributed by atoms with Gasteiger partial charge in [0, 0.05) is 48.8 Å². The van der Waals surface area contributed by atoms with Crippen LogP contribution in [0.5, 0.6) is 11.5 Å². The Labute approximate surface area is 237 Å². The topological polar surface area (TPSA) is 147 Å². The molecule has 42 heavy (non-hydrogen) atoms. The van der Waals surface area contributed by atoms with Crippen LogP contribution >= 0.6 is 0 Å². The molecule has 11 nitrogen and oxygen atoms in total. The number of rotatable bonds is 8. The Morgan fingerprint density at radius 3 is 2.69 bits per heavy atom. The number of fused-ring (bicyclic) bond motifs is 1. The number of aliphatic hydroxyl groups excluding tert-OH is 1. The van der Waals surface area contributed by atoms with Crippen molar-refractivity contribution < 1.29 is 23.4 Å². The summed E-state index contributed by atoms with van der Waals surface area (Å²) >= 11 is 0. The molecule has 1 saturated carbocycles. The number of carbonyl (C=O) groups is 1. The summed E-state index contributed by atoms with van der Waals surface area (Å²) < 4.78 is 35.3. The van der Waals surface area contributed by atoms with E-state index in [1.807, 2.05) is 0 Å². The van der Waals surface area contributed by atoms with Crippen LogP contribution in [0.4, 0.5) is 20.3 Å². The van der Waals surface area contributed by atoms with Gasteiger partial charge in [-0.05, 0) is 55.3 Å². The van der Waals surface area contributed by atoms with E-state index in [1.165, 1.54) is 54.9 Å². The minimum atomic E-state index is -0.774. The lowest BCUT2D eigenvalue weighted by Gasteiger charge is -2.19. The first-order chi connectivity index (χ1) is 20.4. The number of aromatic amines is 1. The summed E-state index contributed by atoms with van der Waals surface area (Å²) in [6.45, 7) is 0.0707. The minimum absolute atomic E-state index is 0.0365. The van der Waals surface area contributed by atoms with Crippen LogP contribution in [-0.4, -0.2) is 48.6 Å². The molecule has 5 aromatic rings. The number of aliphatic hydroxyl groups is 1. The van der Waals surface area contributed by atoms with Crippen molar-refractivity contribution in [2.45, 2.75) is 25.3 Å². The number of hydrogen-bond donors (Lipinski definition) is 4. The molecule has 2 aromatic carbocycles. The maximum Gasteiger partial charge on any atom is 0.284 e.